The van der Waals surface area contributed by atoms with Gasteiger partial charge in [-0.3, -0.25) is 14.4 Å². The number of aliphatic hydroxyl groups excluding tert-OH is 1. The minimum atomic E-state index is -0.694. The number of carbonyl (C=O) groups is 3. The zero-order valence-electron chi connectivity index (χ0n) is 21.7. The van der Waals surface area contributed by atoms with Crippen LogP contribution in [-0.4, -0.2) is 61.7 Å². The highest BCUT2D eigenvalue weighted by Crippen LogP contribution is 2.67. The van der Waals surface area contributed by atoms with Gasteiger partial charge >= 0.3 is 0 Å². The second-order valence-electron chi connectivity index (χ2n) is 10.6. The van der Waals surface area contributed by atoms with Gasteiger partial charge in [0.15, 0.2) is 0 Å². The van der Waals surface area contributed by atoms with E-state index in [4.69, 9.17) is 0 Å². The van der Waals surface area contributed by atoms with Crippen LogP contribution in [0.15, 0.2) is 48.5 Å². The van der Waals surface area contributed by atoms with E-state index in [-0.39, 0.29) is 34.4 Å². The Hall–Kier alpha value is -2.36. The molecule has 3 aliphatic heterocycles. The molecule has 5 rings (SSSR count). The molecule has 3 aliphatic rings. The van der Waals surface area contributed by atoms with E-state index >= 15 is 0 Å². The molecule has 202 valence electrons. The quantitative estimate of drug-likeness (QED) is 0.301. The van der Waals surface area contributed by atoms with Gasteiger partial charge in [0.1, 0.15) is 6.04 Å². The number of anilines is 1. The minimum Gasteiger partial charge on any atom is -0.396 e. The molecule has 0 aromatic heterocycles. The third-order valence-electron chi connectivity index (χ3n) is 8.11. The second-order valence-corrected chi connectivity index (χ2v) is 13.4. The highest BCUT2D eigenvalue weighted by atomic mass is 79.9. The van der Waals surface area contributed by atoms with Crippen molar-refractivity contribution in [2.24, 2.45) is 11.8 Å². The van der Waals surface area contributed by atoms with Crippen LogP contribution in [0.3, 0.4) is 0 Å². The third-order valence-corrected chi connectivity index (χ3v) is 11.3. The number of hydrogen-bond acceptors (Lipinski definition) is 5. The van der Waals surface area contributed by atoms with Crippen LogP contribution in [0.4, 0.5) is 5.69 Å². The molecule has 2 aromatic carbocycles. The van der Waals surface area contributed by atoms with Crippen LogP contribution in [-0.2, 0) is 20.9 Å². The fourth-order valence-electron chi connectivity index (χ4n) is 6.34. The van der Waals surface area contributed by atoms with E-state index < -0.39 is 22.6 Å². The van der Waals surface area contributed by atoms with E-state index in [1.165, 1.54) is 0 Å². The summed E-state index contributed by atoms with van der Waals surface area (Å²) in [6, 6.07) is 14.9. The van der Waals surface area contributed by atoms with Crippen molar-refractivity contribution in [1.29, 1.82) is 0 Å². The van der Waals surface area contributed by atoms with E-state index in [0.29, 0.717) is 32.4 Å². The number of carbonyl (C=O) groups excluding carboxylic acids is 3. The lowest BCUT2D eigenvalue weighted by Gasteiger charge is -2.35. The molecule has 1 spiro atoms. The predicted octanol–water partition coefficient (Wildman–Crippen LogP) is 3.80. The highest BCUT2D eigenvalue weighted by molar-refractivity contribution is 9.09. The molecule has 3 saturated heterocycles. The molecule has 7 nitrogen and oxygen atoms in total. The van der Waals surface area contributed by atoms with Gasteiger partial charge in [0.05, 0.1) is 16.6 Å². The number of aryl methyl sites for hydroxylation is 2. The second kappa shape index (κ2) is 11.0. The Labute approximate surface area is 236 Å². The number of thioether (sulfide) groups is 1. The van der Waals surface area contributed by atoms with Gasteiger partial charge in [0.25, 0.3) is 0 Å². The number of rotatable bonds is 9. The fraction of sp³-hybridized carbons (Fsp3) is 0.483. The Morgan fingerprint density at radius 1 is 1.13 bits per heavy atom. The summed E-state index contributed by atoms with van der Waals surface area (Å²) >= 11 is 5.44. The van der Waals surface area contributed by atoms with Gasteiger partial charge < -0.3 is 20.6 Å². The Bertz CT molecular complexity index is 1230. The largest absolute Gasteiger partial charge is 0.396 e. The van der Waals surface area contributed by atoms with E-state index in [1.54, 1.807) is 16.7 Å². The number of amides is 3. The highest BCUT2D eigenvalue weighted by Gasteiger charge is 2.75. The van der Waals surface area contributed by atoms with Gasteiger partial charge in [-0.1, -0.05) is 58.4 Å². The van der Waals surface area contributed by atoms with Crippen molar-refractivity contribution < 1.29 is 19.5 Å². The van der Waals surface area contributed by atoms with Crippen LogP contribution in [0, 0.1) is 25.7 Å². The van der Waals surface area contributed by atoms with Crippen molar-refractivity contribution in [3.05, 3.63) is 65.2 Å². The first-order chi connectivity index (χ1) is 18.3. The average molecular weight is 601 g/mol. The van der Waals surface area contributed by atoms with Crippen molar-refractivity contribution in [3.8, 4) is 0 Å². The Morgan fingerprint density at radius 3 is 2.63 bits per heavy atom. The monoisotopic (exact) mass is 599 g/mol. The minimum absolute atomic E-state index is 0.0254. The van der Waals surface area contributed by atoms with Crippen molar-refractivity contribution in [3.63, 3.8) is 0 Å². The van der Waals surface area contributed by atoms with Gasteiger partial charge in [0, 0.05) is 35.5 Å². The predicted molar refractivity (Wildman–Crippen MR) is 153 cm³/mol. The standard InChI is InChI=1S/C29H34BrN3O4S/c1-17-10-11-18(2)21(14-17)32-27(36)25-29-15-20(30)24(38-29)22(23(29)28(37)33(25)12-6-7-13-34)26(35)31-16-19-8-4-3-5-9-19/h3-5,8-11,14,20,22-25,34H,6-7,12-13,15-16H2,1-2H3,(H,31,35)(H,32,36)/t20?,22-,23+,24-,25?,29?/m1/s1. The molecule has 3 unspecified atom stereocenters. The summed E-state index contributed by atoms with van der Waals surface area (Å²) in [6.07, 6.45) is 1.78. The van der Waals surface area contributed by atoms with Gasteiger partial charge in [-0.25, -0.2) is 0 Å². The van der Waals surface area contributed by atoms with Crippen LogP contribution < -0.4 is 10.6 Å². The van der Waals surface area contributed by atoms with Gasteiger partial charge in [-0.2, -0.15) is 0 Å². The maximum atomic E-state index is 14.0. The molecule has 3 N–H and O–H groups in total. The van der Waals surface area contributed by atoms with Gasteiger partial charge in [-0.15, -0.1) is 11.8 Å². The first-order valence-electron chi connectivity index (χ1n) is 13.2. The molecule has 3 amide bonds. The van der Waals surface area contributed by atoms with Crippen molar-refractivity contribution >= 4 is 51.1 Å². The number of nitrogens with one attached hydrogen (secondary N) is 2. The average Bonchev–Trinajstić information content (AvgIpc) is 3.49. The van der Waals surface area contributed by atoms with Gasteiger partial charge in [0.2, 0.25) is 17.7 Å². The maximum absolute atomic E-state index is 14.0. The first-order valence-corrected chi connectivity index (χ1v) is 15.0. The zero-order valence-corrected chi connectivity index (χ0v) is 24.1. The van der Waals surface area contributed by atoms with Crippen LogP contribution in [0.2, 0.25) is 0 Å². The summed E-state index contributed by atoms with van der Waals surface area (Å²) < 4.78 is -0.689. The Kier molecular flexibility index (Phi) is 7.89. The van der Waals surface area contributed by atoms with E-state index in [9.17, 15) is 19.5 Å². The number of likely N-dealkylation sites (tertiary alicyclic amines) is 1. The van der Waals surface area contributed by atoms with Crippen molar-refractivity contribution in [2.75, 3.05) is 18.5 Å². The maximum Gasteiger partial charge on any atom is 0.248 e. The molecule has 2 aromatic rings. The summed E-state index contributed by atoms with van der Waals surface area (Å²) in [5.74, 6) is -1.56. The van der Waals surface area contributed by atoms with E-state index in [0.717, 1.165) is 22.4 Å². The lowest BCUT2D eigenvalue weighted by atomic mass is 9.70. The van der Waals surface area contributed by atoms with E-state index in [2.05, 4.69) is 26.6 Å². The number of fused-ring (bicyclic) bond motifs is 1. The van der Waals surface area contributed by atoms with Gasteiger partial charge in [-0.05, 0) is 55.9 Å². The number of aliphatic hydroxyl groups is 1. The third kappa shape index (κ3) is 4.77. The normalized spacial score (nSPS) is 29.4. The van der Waals surface area contributed by atoms with Crippen LogP contribution in [0.25, 0.3) is 0 Å². The van der Waals surface area contributed by atoms with Crippen LogP contribution in [0.1, 0.15) is 36.0 Å². The Morgan fingerprint density at radius 2 is 1.89 bits per heavy atom. The molecule has 38 heavy (non-hydrogen) atoms. The SMILES string of the molecule is Cc1ccc(C)c(NC(=O)C2N(CCCCO)C(=O)[C@@H]3[C@@H](C(=O)NCc4ccccc4)[C@@H]4SC23CC4Br)c1. The Balaban J connectivity index is 1.45. The van der Waals surface area contributed by atoms with Crippen molar-refractivity contribution in [2.45, 2.75) is 60.5 Å². The molecule has 0 radical (unpaired) electrons. The number of unbranched alkanes of at least 4 members (excludes halogenated alkanes) is 1. The summed E-state index contributed by atoms with van der Waals surface area (Å²) in [6.45, 7) is 4.73. The number of halogens is 1. The molecule has 6 atom stereocenters. The molecular formula is C29H34BrN3O4S. The molecule has 0 saturated carbocycles. The zero-order chi connectivity index (χ0) is 27.0. The summed E-state index contributed by atoms with van der Waals surface area (Å²) in [5, 5.41) is 15.4. The number of nitrogens with zero attached hydrogens (tertiary/aromatic N) is 1. The molecule has 0 aliphatic carbocycles. The first kappa shape index (κ1) is 27.2. The number of benzene rings is 2. The summed E-state index contributed by atoms with van der Waals surface area (Å²) in [4.78, 5) is 43.3. The summed E-state index contributed by atoms with van der Waals surface area (Å²) in [5.41, 5.74) is 3.73. The smallest absolute Gasteiger partial charge is 0.248 e. The molecule has 3 fully saturated rings. The number of hydrogen-bond donors (Lipinski definition) is 3. The molecule has 2 bridgehead atoms. The molecular weight excluding hydrogens is 566 g/mol. The summed E-state index contributed by atoms with van der Waals surface area (Å²) in [7, 11) is 0. The van der Waals surface area contributed by atoms with Crippen LogP contribution >= 0.6 is 27.7 Å². The van der Waals surface area contributed by atoms with Crippen molar-refractivity contribution in [1.82, 2.24) is 10.2 Å². The lowest BCUT2D eigenvalue weighted by Crippen LogP contribution is -2.53. The molecule has 9 heteroatoms. The number of alkyl halides is 1. The van der Waals surface area contributed by atoms with E-state index in [1.807, 2.05) is 62.4 Å². The topological polar surface area (TPSA) is 98.7 Å². The fourth-order valence-corrected chi connectivity index (χ4v) is 9.95. The lowest BCUT2D eigenvalue weighted by molar-refractivity contribution is -0.139. The van der Waals surface area contributed by atoms with Crippen LogP contribution in [0.5, 0.6) is 0 Å². The molecule has 3 heterocycles.